The Morgan fingerprint density at radius 1 is 0.850 bits per heavy atom. The second-order valence-corrected chi connectivity index (χ2v) is 8.60. The first kappa shape index (κ1) is 14.8. The van der Waals surface area contributed by atoms with Crippen molar-refractivity contribution in [1.82, 2.24) is 4.57 Å². The average molecular weight is 281 g/mol. The maximum absolute atomic E-state index is 4.22. The van der Waals surface area contributed by atoms with Crippen LogP contribution in [0.1, 0.15) is 13.8 Å². The molecule has 0 spiro atoms. The third-order valence-electron chi connectivity index (χ3n) is 3.99. The van der Waals surface area contributed by atoms with E-state index >= 15 is 0 Å². The van der Waals surface area contributed by atoms with Gasteiger partial charge in [-0.1, -0.05) is 80.2 Å². The van der Waals surface area contributed by atoms with Crippen LogP contribution in [0.4, 0.5) is 0 Å². The van der Waals surface area contributed by atoms with Crippen LogP contribution in [0.25, 0.3) is 0 Å². The molecule has 2 aromatic rings. The number of nitrogens with zero attached hydrogens (tertiary/aromatic N) is 1. The molecule has 0 aliphatic heterocycles. The van der Waals surface area contributed by atoms with Gasteiger partial charge in [0, 0.05) is 0 Å². The van der Waals surface area contributed by atoms with E-state index in [0.29, 0.717) is 0 Å². The summed E-state index contributed by atoms with van der Waals surface area (Å²) in [5, 5.41) is 2.81. The smallest absolute Gasteiger partial charge is 0.217 e. The molecule has 0 unspecified atom stereocenters. The van der Waals surface area contributed by atoms with Gasteiger partial charge < -0.3 is 4.57 Å². The van der Waals surface area contributed by atoms with E-state index in [1.54, 1.807) is 0 Å². The van der Waals surface area contributed by atoms with Gasteiger partial charge in [-0.3, -0.25) is 0 Å². The molecule has 0 N–H and O–H groups in total. The van der Waals surface area contributed by atoms with E-state index in [2.05, 4.69) is 91.4 Å². The summed E-state index contributed by atoms with van der Waals surface area (Å²) in [7, 11) is -2.05. The third kappa shape index (κ3) is 2.49. The van der Waals surface area contributed by atoms with Crippen molar-refractivity contribution in [3.8, 4) is 0 Å². The normalized spacial score (nSPS) is 11.6. The molecule has 0 heterocycles. The number of benzene rings is 2. The molecule has 20 heavy (non-hydrogen) atoms. The van der Waals surface area contributed by atoms with Crippen molar-refractivity contribution in [3.63, 3.8) is 0 Å². The largest absolute Gasteiger partial charge is 0.314 e. The topological polar surface area (TPSA) is 3.24 Å². The van der Waals surface area contributed by atoms with Crippen LogP contribution < -0.4 is 10.4 Å². The average Bonchev–Trinajstić information content (AvgIpc) is 2.54. The lowest BCUT2D eigenvalue weighted by Gasteiger charge is -2.39. The molecule has 2 heteroatoms. The van der Waals surface area contributed by atoms with Crippen LogP contribution in [-0.2, 0) is 0 Å². The van der Waals surface area contributed by atoms with Crippen molar-refractivity contribution in [1.29, 1.82) is 0 Å². The molecule has 0 aliphatic rings. The van der Waals surface area contributed by atoms with Crippen molar-refractivity contribution in [2.24, 2.45) is 0 Å². The van der Waals surface area contributed by atoms with Gasteiger partial charge in [-0.2, -0.15) is 0 Å². The molecule has 0 fully saturated rings. The molecule has 0 saturated carbocycles. The third-order valence-corrected chi connectivity index (χ3v) is 8.63. The van der Waals surface area contributed by atoms with Gasteiger partial charge in [0.1, 0.15) is 0 Å². The molecule has 104 valence electrons. The Balaban J connectivity index is 2.67. The molecule has 2 rings (SSSR count). The van der Waals surface area contributed by atoms with Crippen molar-refractivity contribution in [3.05, 3.63) is 72.9 Å². The summed E-state index contributed by atoms with van der Waals surface area (Å²) in [4.78, 5) is 0. The van der Waals surface area contributed by atoms with Crippen LogP contribution >= 0.6 is 0 Å². The quantitative estimate of drug-likeness (QED) is 0.736. The van der Waals surface area contributed by atoms with E-state index in [1.807, 2.05) is 0 Å². The summed E-state index contributed by atoms with van der Waals surface area (Å²) < 4.78 is 2.59. The van der Waals surface area contributed by atoms with Crippen LogP contribution in [0.2, 0.25) is 0 Å². The van der Waals surface area contributed by atoms with E-state index in [0.717, 1.165) is 13.1 Å². The first-order valence-electron chi connectivity index (χ1n) is 7.29. The standard InChI is InChI=1S/C18H23NSi/c1-4-19(5-2)20(6-3,17-13-9-7-10-14-17)18-15-11-8-12-16-18/h6-16H,3-5H2,1-2H3. The van der Waals surface area contributed by atoms with Gasteiger partial charge in [-0.05, 0) is 23.5 Å². The van der Waals surface area contributed by atoms with Gasteiger partial charge >= 0.3 is 0 Å². The Bertz CT molecular complexity index is 492. The maximum atomic E-state index is 4.22. The minimum absolute atomic E-state index is 1.04. The second-order valence-electron chi connectivity index (χ2n) is 4.87. The van der Waals surface area contributed by atoms with E-state index < -0.39 is 8.24 Å². The van der Waals surface area contributed by atoms with Gasteiger partial charge in [-0.15, -0.1) is 6.58 Å². The minimum atomic E-state index is -2.05. The van der Waals surface area contributed by atoms with Crippen molar-refractivity contribution >= 4 is 18.6 Å². The molecule has 1 nitrogen and oxygen atoms in total. The zero-order valence-electron chi connectivity index (χ0n) is 12.4. The van der Waals surface area contributed by atoms with E-state index in [-0.39, 0.29) is 0 Å². The SMILES string of the molecule is C=C[Si](c1ccccc1)(c1ccccc1)N(CC)CC. The zero-order valence-corrected chi connectivity index (χ0v) is 13.4. The first-order chi connectivity index (χ1) is 9.79. The van der Waals surface area contributed by atoms with Gasteiger partial charge in [0.05, 0.1) is 0 Å². The molecular formula is C18H23NSi. The van der Waals surface area contributed by atoms with Gasteiger partial charge in [0.2, 0.25) is 8.24 Å². The van der Waals surface area contributed by atoms with E-state index in [4.69, 9.17) is 0 Å². The molecule has 0 aliphatic carbocycles. The summed E-state index contributed by atoms with van der Waals surface area (Å²) in [6.45, 7) is 10.8. The first-order valence-corrected chi connectivity index (χ1v) is 9.31. The highest BCUT2D eigenvalue weighted by Gasteiger charge is 2.39. The van der Waals surface area contributed by atoms with Crippen molar-refractivity contribution < 1.29 is 0 Å². The molecule has 0 bridgehead atoms. The summed E-state index contributed by atoms with van der Waals surface area (Å²) in [5.41, 5.74) is 2.21. The Morgan fingerprint density at radius 3 is 1.55 bits per heavy atom. The predicted molar refractivity (Wildman–Crippen MR) is 91.0 cm³/mol. The molecule has 0 amide bonds. The fourth-order valence-electron chi connectivity index (χ4n) is 3.00. The summed E-state index contributed by atoms with van der Waals surface area (Å²) in [6.07, 6.45) is 0. The Hall–Kier alpha value is -1.64. The Morgan fingerprint density at radius 2 is 1.25 bits per heavy atom. The zero-order chi connectivity index (χ0) is 14.4. The fourth-order valence-corrected chi connectivity index (χ4v) is 7.20. The van der Waals surface area contributed by atoms with Crippen LogP contribution in [0.5, 0.6) is 0 Å². The maximum Gasteiger partial charge on any atom is 0.217 e. The monoisotopic (exact) mass is 281 g/mol. The highest BCUT2D eigenvalue weighted by molar-refractivity contribution is 7.03. The highest BCUT2D eigenvalue weighted by atomic mass is 28.3. The second kappa shape index (κ2) is 6.68. The lowest BCUT2D eigenvalue weighted by molar-refractivity contribution is 0.481. The lowest BCUT2D eigenvalue weighted by Crippen LogP contribution is -2.69. The van der Waals surface area contributed by atoms with Crippen LogP contribution in [0.3, 0.4) is 0 Å². The lowest BCUT2D eigenvalue weighted by atomic mass is 10.4. The fraction of sp³-hybridized carbons (Fsp3) is 0.222. The van der Waals surface area contributed by atoms with Gasteiger partial charge in [0.25, 0.3) is 0 Å². The van der Waals surface area contributed by atoms with Crippen molar-refractivity contribution in [2.45, 2.75) is 13.8 Å². The summed E-state index contributed by atoms with van der Waals surface area (Å²) >= 11 is 0. The number of hydrogen-bond acceptors (Lipinski definition) is 1. The molecule has 2 aromatic carbocycles. The van der Waals surface area contributed by atoms with E-state index in [1.165, 1.54) is 10.4 Å². The Labute approximate surface area is 123 Å². The molecule has 0 saturated heterocycles. The highest BCUT2D eigenvalue weighted by Crippen LogP contribution is 2.13. The minimum Gasteiger partial charge on any atom is -0.314 e. The molecular weight excluding hydrogens is 258 g/mol. The molecule has 0 aromatic heterocycles. The summed E-state index contributed by atoms with van der Waals surface area (Å²) in [6, 6.07) is 21.7. The molecule has 0 atom stereocenters. The number of hydrogen-bond donors (Lipinski definition) is 0. The predicted octanol–water partition coefficient (Wildman–Crippen LogP) is 2.81. The van der Waals surface area contributed by atoms with Gasteiger partial charge in [0.15, 0.2) is 0 Å². The molecule has 0 radical (unpaired) electrons. The van der Waals surface area contributed by atoms with Crippen molar-refractivity contribution in [2.75, 3.05) is 13.1 Å². The Kier molecular flexibility index (Phi) is 4.93. The van der Waals surface area contributed by atoms with Crippen LogP contribution in [0, 0.1) is 0 Å². The van der Waals surface area contributed by atoms with Gasteiger partial charge in [-0.25, -0.2) is 0 Å². The van der Waals surface area contributed by atoms with E-state index in [9.17, 15) is 0 Å². The van der Waals surface area contributed by atoms with Crippen LogP contribution in [-0.4, -0.2) is 25.9 Å². The summed E-state index contributed by atoms with van der Waals surface area (Å²) in [5.74, 6) is 0. The van der Waals surface area contributed by atoms with Crippen LogP contribution in [0.15, 0.2) is 72.9 Å². The number of rotatable bonds is 6.